The molecule has 3 nitrogen and oxygen atoms in total. The largest absolute Gasteiger partial charge is 0.276 e. The maximum atomic E-state index is 3.93. The second-order valence-electron chi connectivity index (χ2n) is 2.72. The third kappa shape index (κ3) is 4.06. The lowest BCUT2D eigenvalue weighted by Gasteiger charge is -1.78. The van der Waals surface area contributed by atoms with Crippen LogP contribution in [0.1, 0.15) is 5.56 Å². The Morgan fingerprint density at radius 1 is 1.15 bits per heavy atom. The molecule has 0 saturated carbocycles. The minimum absolute atomic E-state index is 1.21. The van der Waals surface area contributed by atoms with E-state index in [1.165, 1.54) is 5.56 Å². The Labute approximate surface area is 78.1 Å². The van der Waals surface area contributed by atoms with Gasteiger partial charge in [-0.25, -0.2) is 0 Å². The van der Waals surface area contributed by atoms with E-state index in [9.17, 15) is 0 Å². The molecule has 0 aliphatic carbocycles. The second-order valence-corrected chi connectivity index (χ2v) is 2.72. The van der Waals surface area contributed by atoms with E-state index < -0.39 is 0 Å². The highest BCUT2D eigenvalue weighted by molar-refractivity contribution is 4.98. The summed E-state index contributed by atoms with van der Waals surface area (Å²) < 4.78 is 1.79. The molecule has 0 amide bonds. The Kier molecular flexibility index (Phi) is 3.70. The topological polar surface area (TPSA) is 30.7 Å². The highest BCUT2D eigenvalue weighted by Crippen LogP contribution is 1.88. The van der Waals surface area contributed by atoms with Gasteiger partial charge in [-0.2, -0.15) is 5.10 Å². The fraction of sp³-hybridized carbons (Fsp3) is 0.200. The number of rotatable bonds is 0. The smallest absolute Gasteiger partial charge is 0.0518 e. The zero-order valence-corrected chi connectivity index (χ0v) is 7.88. The van der Waals surface area contributed by atoms with Crippen molar-refractivity contribution in [1.82, 2.24) is 14.8 Å². The Bertz CT molecular complexity index is 284. The third-order valence-corrected chi connectivity index (χ3v) is 1.40. The van der Waals surface area contributed by atoms with Gasteiger partial charge in [0.05, 0.1) is 6.20 Å². The van der Waals surface area contributed by atoms with E-state index in [-0.39, 0.29) is 0 Å². The molecule has 0 aromatic carbocycles. The summed E-state index contributed by atoms with van der Waals surface area (Å²) in [6.07, 6.45) is 7.31. The van der Waals surface area contributed by atoms with Gasteiger partial charge in [-0.15, -0.1) is 0 Å². The van der Waals surface area contributed by atoms with Crippen LogP contribution in [-0.2, 0) is 7.05 Å². The lowest BCUT2D eigenvalue weighted by Crippen LogP contribution is -1.83. The summed E-state index contributed by atoms with van der Waals surface area (Å²) in [5.74, 6) is 0. The molecule has 0 N–H and O–H groups in total. The average Bonchev–Trinajstić information content (AvgIpc) is 2.54. The summed E-state index contributed by atoms with van der Waals surface area (Å²) in [5, 5.41) is 3.93. The molecule has 3 heteroatoms. The summed E-state index contributed by atoms with van der Waals surface area (Å²) in [4.78, 5) is 3.78. The minimum atomic E-state index is 1.21. The number of aromatic nitrogens is 3. The van der Waals surface area contributed by atoms with E-state index in [2.05, 4.69) is 10.1 Å². The minimum Gasteiger partial charge on any atom is -0.276 e. The van der Waals surface area contributed by atoms with E-state index in [4.69, 9.17) is 0 Å². The second kappa shape index (κ2) is 5.09. The Balaban J connectivity index is 0.000000132. The van der Waals surface area contributed by atoms with Crippen LogP contribution in [0.4, 0.5) is 0 Å². The summed E-state index contributed by atoms with van der Waals surface area (Å²) >= 11 is 0. The molecule has 2 aromatic heterocycles. The van der Waals surface area contributed by atoms with Crippen molar-refractivity contribution in [2.24, 2.45) is 7.05 Å². The lowest BCUT2D eigenvalue weighted by atomic mass is 10.4. The van der Waals surface area contributed by atoms with Crippen LogP contribution >= 0.6 is 0 Å². The van der Waals surface area contributed by atoms with E-state index >= 15 is 0 Å². The van der Waals surface area contributed by atoms with Crippen LogP contribution in [-0.4, -0.2) is 14.8 Å². The molecule has 0 fully saturated rings. The normalized spacial score (nSPS) is 8.77. The van der Waals surface area contributed by atoms with Crippen LogP contribution in [0.15, 0.2) is 43.0 Å². The van der Waals surface area contributed by atoms with Crippen LogP contribution in [0.2, 0.25) is 0 Å². The van der Waals surface area contributed by atoms with Gasteiger partial charge in [-0.05, 0) is 24.6 Å². The van der Waals surface area contributed by atoms with Crippen molar-refractivity contribution in [2.75, 3.05) is 0 Å². The van der Waals surface area contributed by atoms with Gasteiger partial charge in [-0.3, -0.25) is 9.67 Å². The summed E-state index contributed by atoms with van der Waals surface area (Å²) in [6.45, 7) is 2.02. The third-order valence-electron chi connectivity index (χ3n) is 1.40. The van der Waals surface area contributed by atoms with Crippen LogP contribution in [0, 0.1) is 6.92 Å². The first kappa shape index (κ1) is 9.45. The molecule has 0 aliphatic rings. The van der Waals surface area contributed by atoms with E-state index in [1.54, 1.807) is 17.1 Å². The van der Waals surface area contributed by atoms with Crippen molar-refractivity contribution in [3.8, 4) is 0 Å². The molecular formula is C10H13N3. The number of hydrogen-bond donors (Lipinski definition) is 0. The van der Waals surface area contributed by atoms with Crippen molar-refractivity contribution in [1.29, 1.82) is 0 Å². The predicted molar refractivity (Wildman–Crippen MR) is 52.2 cm³/mol. The van der Waals surface area contributed by atoms with Gasteiger partial charge in [0.25, 0.3) is 0 Å². The van der Waals surface area contributed by atoms with Gasteiger partial charge in [0.2, 0.25) is 0 Å². The molecule has 0 spiro atoms. The number of aryl methyl sites for hydroxylation is 2. The van der Waals surface area contributed by atoms with Gasteiger partial charge in [-0.1, -0.05) is 6.07 Å². The SMILES string of the molecule is Cc1cnn(C)c1.c1ccncc1. The number of hydrogen-bond acceptors (Lipinski definition) is 2. The number of pyridine rings is 1. The monoisotopic (exact) mass is 175 g/mol. The van der Waals surface area contributed by atoms with Gasteiger partial charge in [0.15, 0.2) is 0 Å². The van der Waals surface area contributed by atoms with Crippen molar-refractivity contribution >= 4 is 0 Å². The highest BCUT2D eigenvalue weighted by atomic mass is 15.2. The van der Waals surface area contributed by atoms with E-state index in [0.717, 1.165) is 0 Å². The quantitative estimate of drug-likeness (QED) is 0.611. The van der Waals surface area contributed by atoms with Gasteiger partial charge in [0.1, 0.15) is 0 Å². The van der Waals surface area contributed by atoms with Gasteiger partial charge >= 0.3 is 0 Å². The molecule has 2 heterocycles. The Morgan fingerprint density at radius 2 is 1.85 bits per heavy atom. The fourth-order valence-corrected chi connectivity index (χ4v) is 0.856. The van der Waals surface area contributed by atoms with Crippen LogP contribution in [0.3, 0.4) is 0 Å². The lowest BCUT2D eigenvalue weighted by molar-refractivity contribution is 0.767. The maximum absolute atomic E-state index is 3.93. The maximum Gasteiger partial charge on any atom is 0.0518 e. The molecule has 0 bridgehead atoms. The molecule has 2 rings (SSSR count). The molecular weight excluding hydrogens is 162 g/mol. The zero-order valence-electron chi connectivity index (χ0n) is 7.88. The van der Waals surface area contributed by atoms with Crippen molar-refractivity contribution < 1.29 is 0 Å². The molecule has 0 unspecified atom stereocenters. The first-order chi connectivity index (χ1) is 6.29. The standard InChI is InChI=1S/C5H8N2.C5H5N/c1-5-3-6-7(2)4-5;1-2-4-6-5-3-1/h3-4H,1-2H3;1-5H. The average molecular weight is 175 g/mol. The molecule has 68 valence electrons. The van der Waals surface area contributed by atoms with E-state index in [0.29, 0.717) is 0 Å². The van der Waals surface area contributed by atoms with Crippen LogP contribution in [0.5, 0.6) is 0 Å². The summed E-state index contributed by atoms with van der Waals surface area (Å²) in [7, 11) is 1.91. The molecule has 0 atom stereocenters. The highest BCUT2D eigenvalue weighted by Gasteiger charge is 1.81. The van der Waals surface area contributed by atoms with Crippen molar-refractivity contribution in [3.05, 3.63) is 48.5 Å². The van der Waals surface area contributed by atoms with Gasteiger partial charge < -0.3 is 0 Å². The van der Waals surface area contributed by atoms with E-state index in [1.807, 2.05) is 44.6 Å². The van der Waals surface area contributed by atoms with Crippen molar-refractivity contribution in [3.63, 3.8) is 0 Å². The first-order valence-corrected chi connectivity index (χ1v) is 4.09. The van der Waals surface area contributed by atoms with Crippen molar-refractivity contribution in [2.45, 2.75) is 6.92 Å². The first-order valence-electron chi connectivity index (χ1n) is 4.09. The molecule has 13 heavy (non-hydrogen) atoms. The molecule has 2 aromatic rings. The van der Waals surface area contributed by atoms with Crippen LogP contribution in [0.25, 0.3) is 0 Å². The Morgan fingerprint density at radius 3 is 2.00 bits per heavy atom. The van der Waals surface area contributed by atoms with Crippen LogP contribution < -0.4 is 0 Å². The molecule has 0 saturated heterocycles. The number of nitrogens with zero attached hydrogens (tertiary/aromatic N) is 3. The van der Waals surface area contributed by atoms with Gasteiger partial charge in [0, 0.05) is 25.6 Å². The summed E-state index contributed by atoms with van der Waals surface area (Å²) in [6, 6.07) is 5.72. The zero-order chi connectivity index (χ0) is 9.52. The predicted octanol–water partition coefficient (Wildman–Crippen LogP) is 1.81. The molecule has 0 radical (unpaired) electrons. The summed E-state index contributed by atoms with van der Waals surface area (Å²) in [5.41, 5.74) is 1.21. The fourth-order valence-electron chi connectivity index (χ4n) is 0.856. The molecule has 0 aliphatic heterocycles. The Hall–Kier alpha value is -1.64.